The summed E-state index contributed by atoms with van der Waals surface area (Å²) < 4.78 is 5.41. The van der Waals surface area contributed by atoms with Crippen LogP contribution in [0.15, 0.2) is 54.0 Å². The average Bonchev–Trinajstić information content (AvgIpc) is 2.78. The Morgan fingerprint density at radius 1 is 1.33 bits per heavy atom. The van der Waals surface area contributed by atoms with Gasteiger partial charge in [-0.15, -0.1) is 12.8 Å². The molecule has 4 nitrogen and oxygen atoms in total. The summed E-state index contributed by atoms with van der Waals surface area (Å²) >= 11 is 0. The van der Waals surface area contributed by atoms with Crippen LogP contribution in [0.3, 0.4) is 0 Å². The van der Waals surface area contributed by atoms with Gasteiger partial charge in [0.2, 0.25) is 0 Å². The summed E-state index contributed by atoms with van der Waals surface area (Å²) in [6.07, 6.45) is 19.0. The van der Waals surface area contributed by atoms with E-state index in [-0.39, 0.29) is 0 Å². The molecule has 0 bridgehead atoms. The third kappa shape index (κ3) is 5.70. The monoisotopic (exact) mass is 407 g/mol. The Kier molecular flexibility index (Phi) is 9.08. The van der Waals surface area contributed by atoms with E-state index in [0.29, 0.717) is 12.0 Å². The molecule has 0 amide bonds. The van der Waals surface area contributed by atoms with Crippen LogP contribution >= 0.6 is 0 Å². The molecule has 0 spiro atoms. The number of likely N-dealkylation sites (N-methyl/N-ethyl adjacent to an activating group) is 1. The Morgan fingerprint density at radius 2 is 2.10 bits per heavy atom. The van der Waals surface area contributed by atoms with E-state index in [1.54, 1.807) is 7.11 Å². The Morgan fingerprint density at radius 3 is 2.77 bits per heavy atom. The van der Waals surface area contributed by atoms with Crippen LogP contribution in [0.25, 0.3) is 0 Å². The maximum Gasteiger partial charge on any atom is 0.114 e. The fourth-order valence-electron chi connectivity index (χ4n) is 4.31. The molecule has 1 N–H and O–H groups in total. The average molecular weight is 408 g/mol. The smallest absolute Gasteiger partial charge is 0.114 e. The van der Waals surface area contributed by atoms with Crippen molar-refractivity contribution in [3.63, 3.8) is 0 Å². The largest absolute Gasteiger partial charge is 0.497 e. The summed E-state index contributed by atoms with van der Waals surface area (Å²) in [7, 11) is 3.93. The standard InChI is InChI=1S/C24H35N3O.C2H2/c1-6-23-21(25-22-15-18(3)11-12-24(22)26(23)4)13-14-27(7-2)17-19-9-8-10-20(16-19)28-5;1-2/h6,8,10-12,15-16,19,21,25H,7,9,13-14,17H2,1-5H3;1-2H/b23-6-;. The first kappa shape index (κ1) is 23.6. The minimum absolute atomic E-state index is 0.342. The topological polar surface area (TPSA) is 27.7 Å². The van der Waals surface area contributed by atoms with E-state index in [9.17, 15) is 0 Å². The van der Waals surface area contributed by atoms with Gasteiger partial charge in [0.25, 0.3) is 0 Å². The summed E-state index contributed by atoms with van der Waals surface area (Å²) in [5.74, 6) is 1.53. The third-order valence-corrected chi connectivity index (χ3v) is 5.91. The van der Waals surface area contributed by atoms with Crippen molar-refractivity contribution in [2.45, 2.75) is 39.7 Å². The molecule has 2 unspecified atom stereocenters. The number of terminal acetylenes is 1. The number of nitrogens with zero attached hydrogens (tertiary/aromatic N) is 2. The second-order valence-electron chi connectivity index (χ2n) is 7.84. The van der Waals surface area contributed by atoms with Crippen molar-refractivity contribution >= 4 is 11.4 Å². The number of benzene rings is 1. The second-order valence-corrected chi connectivity index (χ2v) is 7.84. The van der Waals surface area contributed by atoms with Gasteiger partial charge in [0, 0.05) is 25.8 Å². The molecular formula is C26H37N3O. The number of ether oxygens (including phenoxy) is 1. The maximum absolute atomic E-state index is 5.41. The molecular weight excluding hydrogens is 370 g/mol. The first-order valence-corrected chi connectivity index (χ1v) is 10.8. The molecule has 1 heterocycles. The normalized spacial score (nSPS) is 21.4. The van der Waals surface area contributed by atoms with Crippen molar-refractivity contribution in [2.24, 2.45) is 5.92 Å². The molecule has 162 valence electrons. The summed E-state index contributed by atoms with van der Waals surface area (Å²) in [6.45, 7) is 9.78. The van der Waals surface area contributed by atoms with Gasteiger partial charge in [-0.05, 0) is 69.0 Å². The van der Waals surface area contributed by atoms with Crippen molar-refractivity contribution in [1.29, 1.82) is 0 Å². The second kappa shape index (κ2) is 11.5. The highest BCUT2D eigenvalue weighted by molar-refractivity contribution is 5.77. The number of nitrogens with one attached hydrogen (secondary N) is 1. The molecule has 1 aliphatic heterocycles. The molecule has 2 aliphatic rings. The molecule has 3 rings (SSSR count). The number of hydrogen-bond acceptors (Lipinski definition) is 4. The summed E-state index contributed by atoms with van der Waals surface area (Å²) in [5.41, 5.74) is 5.15. The Bertz CT molecular complexity index is 806. The van der Waals surface area contributed by atoms with Crippen molar-refractivity contribution in [3.05, 3.63) is 59.5 Å². The molecule has 0 aromatic heterocycles. The third-order valence-electron chi connectivity index (χ3n) is 5.91. The molecule has 0 radical (unpaired) electrons. The van der Waals surface area contributed by atoms with E-state index < -0.39 is 0 Å². The molecule has 1 aliphatic carbocycles. The summed E-state index contributed by atoms with van der Waals surface area (Å²) in [5, 5.41) is 3.79. The van der Waals surface area contributed by atoms with Crippen LogP contribution in [0.5, 0.6) is 0 Å². The van der Waals surface area contributed by atoms with Gasteiger partial charge in [0.1, 0.15) is 5.76 Å². The van der Waals surface area contributed by atoms with E-state index in [4.69, 9.17) is 4.74 Å². The molecule has 4 heteroatoms. The summed E-state index contributed by atoms with van der Waals surface area (Å²) in [4.78, 5) is 4.90. The van der Waals surface area contributed by atoms with Gasteiger partial charge in [-0.25, -0.2) is 0 Å². The number of methoxy groups -OCH3 is 1. The van der Waals surface area contributed by atoms with E-state index in [1.807, 2.05) is 0 Å². The predicted octanol–water partition coefficient (Wildman–Crippen LogP) is 5.20. The molecule has 2 atom stereocenters. The fraction of sp³-hybridized carbons (Fsp3) is 0.462. The Balaban J connectivity index is 0.00000155. The lowest BCUT2D eigenvalue weighted by atomic mass is 9.98. The highest BCUT2D eigenvalue weighted by Crippen LogP contribution is 2.36. The number of hydrogen-bond donors (Lipinski definition) is 1. The molecule has 0 fully saturated rings. The minimum Gasteiger partial charge on any atom is -0.497 e. The number of aryl methyl sites for hydroxylation is 1. The highest BCUT2D eigenvalue weighted by Gasteiger charge is 2.26. The number of allylic oxidation sites excluding steroid dienone is 3. The minimum atomic E-state index is 0.342. The Hall–Kier alpha value is -2.64. The van der Waals surface area contributed by atoms with Crippen molar-refractivity contribution in [2.75, 3.05) is 44.0 Å². The maximum atomic E-state index is 5.41. The van der Waals surface area contributed by atoms with Gasteiger partial charge in [-0.3, -0.25) is 0 Å². The van der Waals surface area contributed by atoms with Gasteiger partial charge in [-0.1, -0.05) is 25.1 Å². The van der Waals surface area contributed by atoms with Crippen LogP contribution in [0.4, 0.5) is 11.4 Å². The molecule has 0 saturated heterocycles. The van der Waals surface area contributed by atoms with E-state index in [1.165, 1.54) is 22.6 Å². The predicted molar refractivity (Wildman–Crippen MR) is 130 cm³/mol. The number of rotatable bonds is 7. The quantitative estimate of drug-likeness (QED) is 0.629. The zero-order valence-electron chi connectivity index (χ0n) is 19.2. The van der Waals surface area contributed by atoms with Crippen molar-refractivity contribution < 1.29 is 4.74 Å². The SMILES string of the molecule is C#C.C/C=C1/C(CCN(CC)CC2C=C(OC)C=CC2)Nc2cc(C)ccc2N1C. The molecule has 0 saturated carbocycles. The first-order chi connectivity index (χ1) is 14.5. The van der Waals surface area contributed by atoms with Crippen molar-refractivity contribution in [3.8, 4) is 12.8 Å². The lowest BCUT2D eigenvalue weighted by Gasteiger charge is -2.38. The Labute approximate surface area is 183 Å². The van der Waals surface area contributed by atoms with E-state index in [2.05, 4.69) is 98.3 Å². The van der Waals surface area contributed by atoms with Gasteiger partial charge in [0.15, 0.2) is 0 Å². The lowest BCUT2D eigenvalue weighted by molar-refractivity contribution is 0.245. The summed E-state index contributed by atoms with van der Waals surface area (Å²) in [6, 6.07) is 7.00. The van der Waals surface area contributed by atoms with Crippen LogP contribution in [0, 0.1) is 25.7 Å². The molecule has 1 aromatic rings. The van der Waals surface area contributed by atoms with Gasteiger partial charge in [0.05, 0.1) is 24.5 Å². The molecule has 30 heavy (non-hydrogen) atoms. The lowest BCUT2D eigenvalue weighted by Crippen LogP contribution is -2.40. The fourth-order valence-corrected chi connectivity index (χ4v) is 4.31. The van der Waals surface area contributed by atoms with Crippen LogP contribution in [0.2, 0.25) is 0 Å². The molecule has 1 aromatic carbocycles. The zero-order valence-corrected chi connectivity index (χ0v) is 19.2. The van der Waals surface area contributed by atoms with Crippen LogP contribution < -0.4 is 10.2 Å². The van der Waals surface area contributed by atoms with Gasteiger partial charge in [-0.2, -0.15) is 0 Å². The van der Waals surface area contributed by atoms with Crippen LogP contribution in [-0.2, 0) is 4.74 Å². The van der Waals surface area contributed by atoms with Gasteiger partial charge < -0.3 is 19.9 Å². The van der Waals surface area contributed by atoms with Crippen molar-refractivity contribution in [1.82, 2.24) is 4.90 Å². The highest BCUT2D eigenvalue weighted by atomic mass is 16.5. The number of anilines is 2. The van der Waals surface area contributed by atoms with Crippen LogP contribution in [-0.4, -0.2) is 44.7 Å². The van der Waals surface area contributed by atoms with Gasteiger partial charge >= 0.3 is 0 Å². The van der Waals surface area contributed by atoms with E-state index >= 15 is 0 Å². The van der Waals surface area contributed by atoms with Crippen LogP contribution in [0.1, 0.15) is 32.3 Å². The zero-order chi connectivity index (χ0) is 22.1. The van der Waals surface area contributed by atoms with E-state index in [0.717, 1.165) is 38.2 Å². The number of fused-ring (bicyclic) bond motifs is 1. The first-order valence-electron chi connectivity index (χ1n) is 10.8.